The van der Waals surface area contributed by atoms with E-state index < -0.39 is 52.8 Å². The summed E-state index contributed by atoms with van der Waals surface area (Å²) in [6.07, 6.45) is 12.3. The number of hydrogen-bond donors (Lipinski definition) is 4. The second-order valence-corrected chi connectivity index (χ2v) is 17.3. The summed E-state index contributed by atoms with van der Waals surface area (Å²) >= 11 is 0. The first-order valence-corrected chi connectivity index (χ1v) is 20.2. The fraction of sp³-hybridized carbons (Fsp3) is 0.875. The number of urea groups is 1. The van der Waals surface area contributed by atoms with Gasteiger partial charge in [0.25, 0.3) is 0 Å². The highest BCUT2D eigenvalue weighted by Crippen LogP contribution is 2.16. The molecule has 0 aliphatic carbocycles. The molecule has 1 fully saturated rings. The Bertz CT molecular complexity index is 1090. The molecule has 13 heteroatoms. The molecule has 0 radical (unpaired) electrons. The van der Waals surface area contributed by atoms with Crippen molar-refractivity contribution in [2.24, 2.45) is 0 Å². The number of carbonyl (C=O) groups excluding carboxylic acids is 5. The Balaban J connectivity index is 2.43. The van der Waals surface area contributed by atoms with E-state index in [4.69, 9.17) is 14.2 Å². The topological polar surface area (TPSA) is 164 Å². The molecule has 2 atom stereocenters. The van der Waals surface area contributed by atoms with E-state index in [2.05, 4.69) is 26.2 Å². The van der Waals surface area contributed by atoms with Gasteiger partial charge in [0.2, 0.25) is 5.91 Å². The van der Waals surface area contributed by atoms with Crippen molar-refractivity contribution < 1.29 is 38.2 Å². The fourth-order valence-electron chi connectivity index (χ4n) is 5.84. The van der Waals surface area contributed by atoms with Crippen molar-refractivity contribution in [3.05, 3.63) is 0 Å². The van der Waals surface area contributed by atoms with E-state index in [9.17, 15) is 24.0 Å². The van der Waals surface area contributed by atoms with Crippen LogP contribution >= 0.6 is 0 Å². The van der Waals surface area contributed by atoms with Gasteiger partial charge in [-0.3, -0.25) is 9.59 Å². The first kappa shape index (κ1) is 48.1. The van der Waals surface area contributed by atoms with Gasteiger partial charge in [0.05, 0.1) is 0 Å². The second kappa shape index (κ2) is 25.2. The standard InChI is InChI=1S/C40H75N5O8/c1-38(2,3)51-34(47)24-23-32(36(49)53-40(7,8)9)44-37(50)43-31(35(48)52-39(4,5)6)21-17-16-19-25-42-33(46)22-18-14-12-10-11-13-15-20-28-45-29-26-41-27-30-45/h31-32,41H,10-30H2,1-9H3,(H,42,46)(H2,43,44,50)/t31-,32-/m0/s1. The third-order valence-electron chi connectivity index (χ3n) is 8.38. The molecule has 53 heavy (non-hydrogen) atoms. The zero-order chi connectivity index (χ0) is 39.9. The van der Waals surface area contributed by atoms with Crippen molar-refractivity contribution in [3.8, 4) is 0 Å². The molecule has 0 unspecified atom stereocenters. The lowest BCUT2D eigenvalue weighted by Crippen LogP contribution is -2.53. The maximum absolute atomic E-state index is 13.1. The van der Waals surface area contributed by atoms with Crippen LogP contribution in [0.5, 0.6) is 0 Å². The van der Waals surface area contributed by atoms with Gasteiger partial charge in [0.1, 0.15) is 28.9 Å². The molecular formula is C40H75N5O8. The number of rotatable bonds is 24. The Morgan fingerprint density at radius 3 is 1.58 bits per heavy atom. The van der Waals surface area contributed by atoms with Gasteiger partial charge in [-0.1, -0.05) is 51.4 Å². The summed E-state index contributed by atoms with van der Waals surface area (Å²) in [5.41, 5.74) is -2.28. The van der Waals surface area contributed by atoms with Crippen LogP contribution in [0.4, 0.5) is 4.79 Å². The first-order chi connectivity index (χ1) is 24.7. The van der Waals surface area contributed by atoms with Crippen LogP contribution in [-0.2, 0) is 33.4 Å². The molecule has 1 aliphatic rings. The Labute approximate surface area is 320 Å². The predicted octanol–water partition coefficient (Wildman–Crippen LogP) is 5.92. The number of nitrogens with zero attached hydrogens (tertiary/aromatic N) is 1. The van der Waals surface area contributed by atoms with Crippen molar-refractivity contribution in [3.63, 3.8) is 0 Å². The number of piperazine rings is 1. The fourth-order valence-corrected chi connectivity index (χ4v) is 5.84. The average molecular weight is 754 g/mol. The minimum Gasteiger partial charge on any atom is -0.460 e. The highest BCUT2D eigenvalue weighted by molar-refractivity contribution is 5.87. The summed E-state index contributed by atoms with van der Waals surface area (Å²) in [7, 11) is 0. The molecule has 13 nitrogen and oxygen atoms in total. The van der Waals surface area contributed by atoms with Crippen molar-refractivity contribution >= 4 is 29.8 Å². The molecule has 0 bridgehead atoms. The molecule has 0 saturated carbocycles. The molecule has 1 rings (SSSR count). The predicted molar refractivity (Wildman–Crippen MR) is 208 cm³/mol. The van der Waals surface area contributed by atoms with Crippen molar-refractivity contribution in [1.29, 1.82) is 0 Å². The number of esters is 3. The van der Waals surface area contributed by atoms with Gasteiger partial charge < -0.3 is 40.4 Å². The summed E-state index contributed by atoms with van der Waals surface area (Å²) < 4.78 is 16.4. The van der Waals surface area contributed by atoms with Gasteiger partial charge in [-0.25, -0.2) is 14.4 Å². The summed E-state index contributed by atoms with van der Waals surface area (Å²) in [6, 6.07) is -2.87. The van der Waals surface area contributed by atoms with Crippen LogP contribution < -0.4 is 21.3 Å². The summed E-state index contributed by atoms with van der Waals surface area (Å²) in [6.45, 7) is 21.9. The molecule has 1 saturated heterocycles. The Morgan fingerprint density at radius 1 is 0.585 bits per heavy atom. The maximum atomic E-state index is 13.1. The lowest BCUT2D eigenvalue weighted by molar-refractivity contribution is -0.159. The maximum Gasteiger partial charge on any atom is 0.329 e. The zero-order valence-electron chi connectivity index (χ0n) is 34.7. The minimum atomic E-state index is -1.15. The average Bonchev–Trinajstić information content (AvgIpc) is 3.02. The Morgan fingerprint density at radius 2 is 1.06 bits per heavy atom. The Hall–Kier alpha value is -2.93. The van der Waals surface area contributed by atoms with Crippen LogP contribution in [-0.4, -0.2) is 103 Å². The third kappa shape index (κ3) is 27.3. The Kier molecular flexibility index (Phi) is 22.9. The van der Waals surface area contributed by atoms with Crippen LogP contribution in [0.2, 0.25) is 0 Å². The minimum absolute atomic E-state index is 0.0438. The number of carbonyl (C=O) groups is 5. The highest BCUT2D eigenvalue weighted by Gasteiger charge is 2.31. The summed E-state index contributed by atoms with van der Waals surface area (Å²) in [5.74, 6) is -1.73. The van der Waals surface area contributed by atoms with Crippen LogP contribution in [0.15, 0.2) is 0 Å². The first-order valence-electron chi connectivity index (χ1n) is 20.2. The smallest absolute Gasteiger partial charge is 0.329 e. The molecule has 3 amide bonds. The van der Waals surface area contributed by atoms with Crippen molar-refractivity contribution in [2.45, 2.75) is 188 Å². The molecule has 1 aliphatic heterocycles. The van der Waals surface area contributed by atoms with Crippen molar-refractivity contribution in [1.82, 2.24) is 26.2 Å². The highest BCUT2D eigenvalue weighted by atomic mass is 16.6. The van der Waals surface area contributed by atoms with Crippen LogP contribution in [0.3, 0.4) is 0 Å². The molecule has 4 N–H and O–H groups in total. The quantitative estimate of drug-likeness (QED) is 0.0529. The van der Waals surface area contributed by atoms with E-state index in [1.54, 1.807) is 62.3 Å². The van der Waals surface area contributed by atoms with E-state index >= 15 is 0 Å². The number of nitrogens with one attached hydrogen (secondary N) is 4. The van der Waals surface area contributed by atoms with Gasteiger partial charge in [0, 0.05) is 45.6 Å². The monoisotopic (exact) mass is 754 g/mol. The van der Waals surface area contributed by atoms with Gasteiger partial charge in [-0.15, -0.1) is 0 Å². The van der Waals surface area contributed by atoms with Gasteiger partial charge in [-0.2, -0.15) is 0 Å². The molecular weight excluding hydrogens is 678 g/mol. The van der Waals surface area contributed by atoms with Gasteiger partial charge in [-0.05, 0) is 101 Å². The van der Waals surface area contributed by atoms with Crippen molar-refractivity contribution in [2.75, 3.05) is 39.3 Å². The lowest BCUT2D eigenvalue weighted by atomic mass is 10.1. The van der Waals surface area contributed by atoms with Gasteiger partial charge >= 0.3 is 23.9 Å². The number of hydrogen-bond acceptors (Lipinski definition) is 10. The van der Waals surface area contributed by atoms with Crippen LogP contribution in [0.25, 0.3) is 0 Å². The summed E-state index contributed by atoms with van der Waals surface area (Å²) in [5, 5.41) is 11.6. The van der Waals surface area contributed by atoms with E-state index in [0.29, 0.717) is 25.8 Å². The van der Waals surface area contributed by atoms with E-state index in [1.807, 2.05) is 0 Å². The molecule has 1 heterocycles. The number of unbranched alkanes of at least 4 members (excludes halogenated alkanes) is 9. The molecule has 308 valence electrons. The largest absolute Gasteiger partial charge is 0.460 e. The molecule has 0 aromatic heterocycles. The van der Waals surface area contributed by atoms with E-state index in [1.165, 1.54) is 58.2 Å². The molecule has 0 aromatic carbocycles. The van der Waals surface area contributed by atoms with Crippen LogP contribution in [0.1, 0.15) is 159 Å². The molecule has 0 spiro atoms. The van der Waals surface area contributed by atoms with Crippen LogP contribution in [0, 0.1) is 0 Å². The third-order valence-corrected chi connectivity index (χ3v) is 8.38. The lowest BCUT2D eigenvalue weighted by Gasteiger charge is -2.27. The SMILES string of the molecule is CC(C)(C)OC(=O)CC[C@H](NC(=O)N[C@@H](CCCCCNC(=O)CCCCCCCCCCN1CCNCC1)C(=O)OC(C)(C)C)C(=O)OC(C)(C)C. The van der Waals surface area contributed by atoms with E-state index in [0.717, 1.165) is 38.8 Å². The summed E-state index contributed by atoms with van der Waals surface area (Å²) in [4.78, 5) is 66.4. The zero-order valence-corrected chi connectivity index (χ0v) is 34.7. The van der Waals surface area contributed by atoms with E-state index in [-0.39, 0.29) is 18.7 Å². The molecule has 0 aromatic rings. The number of ether oxygens (including phenoxy) is 3. The second-order valence-electron chi connectivity index (χ2n) is 17.3. The normalized spacial score (nSPS) is 15.2. The number of amides is 3. The van der Waals surface area contributed by atoms with Gasteiger partial charge in [0.15, 0.2) is 0 Å².